The van der Waals surface area contributed by atoms with Crippen molar-refractivity contribution in [3.05, 3.63) is 21.4 Å². The van der Waals surface area contributed by atoms with E-state index in [0.717, 1.165) is 57.6 Å². The van der Waals surface area contributed by atoms with E-state index >= 15 is 0 Å². The molecule has 1 aromatic rings. The van der Waals surface area contributed by atoms with Gasteiger partial charge in [0.05, 0.1) is 12.2 Å². The van der Waals surface area contributed by atoms with E-state index in [9.17, 15) is 4.79 Å². The number of hydrogen-bond acceptors (Lipinski definition) is 4. The predicted molar refractivity (Wildman–Crippen MR) is 119 cm³/mol. The molecule has 2 fully saturated rings. The van der Waals surface area contributed by atoms with Crippen LogP contribution in [-0.4, -0.2) is 42.6 Å². The van der Waals surface area contributed by atoms with Crippen LogP contribution >= 0.6 is 11.3 Å². The van der Waals surface area contributed by atoms with Gasteiger partial charge in [-0.1, -0.05) is 20.8 Å². The summed E-state index contributed by atoms with van der Waals surface area (Å²) in [4.78, 5) is 17.7. The second-order valence-electron chi connectivity index (χ2n) is 9.99. The van der Waals surface area contributed by atoms with Crippen molar-refractivity contribution in [3.63, 3.8) is 0 Å². The molecule has 1 saturated carbocycles. The highest BCUT2D eigenvalue weighted by atomic mass is 32.1. The van der Waals surface area contributed by atoms with E-state index in [1.54, 1.807) is 4.88 Å². The van der Waals surface area contributed by atoms with Crippen LogP contribution in [0.15, 0.2) is 6.07 Å². The van der Waals surface area contributed by atoms with E-state index in [4.69, 9.17) is 4.74 Å². The average Bonchev–Trinajstić information content (AvgIpc) is 3.06. The number of fused-ring (bicyclic) bond motifs is 2. The Morgan fingerprint density at radius 1 is 1.41 bits per heavy atom. The van der Waals surface area contributed by atoms with E-state index in [0.29, 0.717) is 24.4 Å². The molecular formula is C24H38N2O2S. The molecule has 1 aliphatic carbocycles. The van der Waals surface area contributed by atoms with Gasteiger partial charge in [-0.15, -0.1) is 11.3 Å². The minimum absolute atomic E-state index is 0.0413. The van der Waals surface area contributed by atoms with Crippen LogP contribution in [0.4, 0.5) is 0 Å². The molecule has 0 bridgehead atoms. The number of carbonyl (C=O) groups is 1. The van der Waals surface area contributed by atoms with Gasteiger partial charge in [-0.05, 0) is 62.5 Å². The Labute approximate surface area is 180 Å². The Morgan fingerprint density at radius 2 is 2.21 bits per heavy atom. The number of thiophene rings is 1. The highest BCUT2D eigenvalue weighted by Gasteiger charge is 2.45. The van der Waals surface area contributed by atoms with Crippen LogP contribution in [0.25, 0.3) is 0 Å². The fourth-order valence-corrected chi connectivity index (χ4v) is 6.72. The molecule has 3 heterocycles. The first kappa shape index (κ1) is 21.3. The summed E-state index contributed by atoms with van der Waals surface area (Å²) < 4.78 is 6.48. The van der Waals surface area contributed by atoms with Crippen molar-refractivity contribution in [2.75, 3.05) is 19.7 Å². The molecular weight excluding hydrogens is 380 g/mol. The molecule has 4 rings (SSSR count). The highest BCUT2D eigenvalue weighted by molar-refractivity contribution is 7.12. The van der Waals surface area contributed by atoms with Crippen molar-refractivity contribution in [2.24, 2.45) is 11.8 Å². The number of ether oxygens (including phenoxy) is 1. The molecule has 1 N–H and O–H groups in total. The molecule has 1 aromatic heterocycles. The number of likely N-dealkylation sites (tertiary alicyclic amines) is 1. The predicted octanol–water partition coefficient (Wildman–Crippen LogP) is 4.50. The summed E-state index contributed by atoms with van der Waals surface area (Å²) in [6.07, 6.45) is 7.38. The van der Waals surface area contributed by atoms with Crippen molar-refractivity contribution in [1.82, 2.24) is 10.2 Å². The molecule has 162 valence electrons. The van der Waals surface area contributed by atoms with Gasteiger partial charge in [0.2, 0.25) is 5.91 Å². The van der Waals surface area contributed by atoms with Crippen LogP contribution in [0.5, 0.6) is 0 Å². The maximum atomic E-state index is 12.0. The zero-order chi connectivity index (χ0) is 20.6. The third-order valence-electron chi connectivity index (χ3n) is 7.15. The van der Waals surface area contributed by atoms with Crippen molar-refractivity contribution < 1.29 is 9.53 Å². The van der Waals surface area contributed by atoms with Gasteiger partial charge in [-0.25, -0.2) is 0 Å². The van der Waals surface area contributed by atoms with E-state index in [1.165, 1.54) is 17.0 Å². The number of amides is 1. The summed E-state index contributed by atoms with van der Waals surface area (Å²) in [5.41, 5.74) is 1.47. The quantitative estimate of drug-likeness (QED) is 0.739. The number of carbonyl (C=O) groups excluding carboxylic acids is 1. The maximum Gasteiger partial charge on any atom is 0.220 e. The zero-order valence-corrected chi connectivity index (χ0v) is 19.4. The van der Waals surface area contributed by atoms with E-state index in [1.807, 2.05) is 11.3 Å². The van der Waals surface area contributed by atoms with Crippen LogP contribution in [0.2, 0.25) is 0 Å². The van der Waals surface area contributed by atoms with E-state index < -0.39 is 0 Å². The summed E-state index contributed by atoms with van der Waals surface area (Å²) in [7, 11) is 0. The topological polar surface area (TPSA) is 41.6 Å². The minimum atomic E-state index is -0.0413. The van der Waals surface area contributed by atoms with Gasteiger partial charge in [-0.2, -0.15) is 0 Å². The second kappa shape index (κ2) is 8.68. The Balaban J connectivity index is 1.29. The number of hydrogen-bond donors (Lipinski definition) is 1. The molecule has 3 aliphatic rings. The molecule has 5 heteroatoms. The standard InChI is InChI=1S/C24H38N2O2S/c1-5-20-13-21-22(29-20)6-9-28-24(21)7-8-26(17(4)14-24)15-18-11-19(12-18)25-23(27)10-16(2)3/h13,16-19H,5-12,14-15H2,1-4H3,(H,25,27)/t17-,18-,19+,24+/m0/s1. The number of rotatable bonds is 6. The lowest BCUT2D eigenvalue weighted by Crippen LogP contribution is -2.54. The lowest BCUT2D eigenvalue weighted by molar-refractivity contribution is -0.124. The van der Waals surface area contributed by atoms with Crippen molar-refractivity contribution >= 4 is 17.2 Å². The first-order valence-electron chi connectivity index (χ1n) is 11.7. The van der Waals surface area contributed by atoms with Crippen LogP contribution in [0, 0.1) is 11.8 Å². The van der Waals surface area contributed by atoms with Crippen LogP contribution in [0.1, 0.15) is 75.1 Å². The van der Waals surface area contributed by atoms with E-state index in [2.05, 4.69) is 44.0 Å². The summed E-state index contributed by atoms with van der Waals surface area (Å²) >= 11 is 2.01. The molecule has 1 saturated heterocycles. The first-order chi connectivity index (χ1) is 13.9. The van der Waals surface area contributed by atoms with Gasteiger partial charge in [0, 0.05) is 47.8 Å². The lowest BCUT2D eigenvalue weighted by atomic mass is 9.76. The van der Waals surface area contributed by atoms with Gasteiger partial charge in [0.1, 0.15) is 0 Å². The second-order valence-corrected chi connectivity index (χ2v) is 11.2. The van der Waals surface area contributed by atoms with E-state index in [-0.39, 0.29) is 11.5 Å². The molecule has 1 amide bonds. The number of nitrogens with zero attached hydrogens (tertiary/aromatic N) is 1. The third kappa shape index (κ3) is 4.57. The third-order valence-corrected chi connectivity index (χ3v) is 8.48. The fraction of sp³-hybridized carbons (Fsp3) is 0.792. The summed E-state index contributed by atoms with van der Waals surface area (Å²) in [6.45, 7) is 12.0. The van der Waals surface area contributed by atoms with Gasteiger partial charge in [-0.3, -0.25) is 4.79 Å². The molecule has 29 heavy (non-hydrogen) atoms. The van der Waals surface area contributed by atoms with Crippen LogP contribution in [-0.2, 0) is 28.0 Å². The number of nitrogens with one attached hydrogen (secondary N) is 1. The molecule has 2 aliphatic heterocycles. The van der Waals surface area contributed by atoms with Crippen molar-refractivity contribution in [3.8, 4) is 0 Å². The Kier molecular flexibility index (Phi) is 6.38. The number of piperidine rings is 1. The molecule has 0 aromatic carbocycles. The Hall–Kier alpha value is -0.910. The fourth-order valence-electron chi connectivity index (χ4n) is 5.54. The molecule has 1 spiro atoms. The summed E-state index contributed by atoms with van der Waals surface area (Å²) in [6, 6.07) is 3.40. The van der Waals surface area contributed by atoms with Crippen molar-refractivity contribution in [1.29, 1.82) is 0 Å². The smallest absolute Gasteiger partial charge is 0.220 e. The largest absolute Gasteiger partial charge is 0.370 e. The summed E-state index contributed by atoms with van der Waals surface area (Å²) in [5, 5.41) is 3.22. The normalized spacial score (nSPS) is 32.2. The molecule has 0 radical (unpaired) electrons. The maximum absolute atomic E-state index is 12.0. The van der Waals surface area contributed by atoms with Gasteiger partial charge in [0.25, 0.3) is 0 Å². The van der Waals surface area contributed by atoms with Crippen molar-refractivity contribution in [2.45, 2.75) is 90.3 Å². The highest BCUT2D eigenvalue weighted by Crippen LogP contribution is 2.46. The zero-order valence-electron chi connectivity index (χ0n) is 18.6. The van der Waals surface area contributed by atoms with Gasteiger partial charge >= 0.3 is 0 Å². The summed E-state index contributed by atoms with van der Waals surface area (Å²) in [5.74, 6) is 1.39. The minimum Gasteiger partial charge on any atom is -0.370 e. The number of aryl methyl sites for hydroxylation is 1. The van der Waals surface area contributed by atoms with Crippen LogP contribution < -0.4 is 5.32 Å². The SMILES string of the molecule is CCc1cc2c(s1)CCO[C@@]21CCN(C[C@H]2C[C@@H](NC(=O)CC(C)C)C2)[C@@H](C)C1. The molecule has 0 unspecified atom stereocenters. The first-order valence-corrected chi connectivity index (χ1v) is 12.5. The monoisotopic (exact) mass is 418 g/mol. The van der Waals surface area contributed by atoms with Crippen LogP contribution in [0.3, 0.4) is 0 Å². The lowest BCUT2D eigenvalue weighted by Gasteiger charge is -2.49. The molecule has 2 atom stereocenters. The van der Waals surface area contributed by atoms with Gasteiger partial charge < -0.3 is 15.0 Å². The Bertz CT molecular complexity index is 724. The Morgan fingerprint density at radius 3 is 2.90 bits per heavy atom. The average molecular weight is 419 g/mol. The molecule has 4 nitrogen and oxygen atoms in total. The van der Waals surface area contributed by atoms with Gasteiger partial charge in [0.15, 0.2) is 0 Å².